The molecule has 0 bridgehead atoms. The number of nitro benzene ring substituents is 1. The SMILES string of the molecule is COc1ccc([C@H](N=Cc2cc([N+](=O)[O-])ccc2[O-])c2ccccc2)cc1. The second kappa shape index (κ2) is 8.14. The van der Waals surface area contributed by atoms with Crippen LogP contribution in [0.1, 0.15) is 22.7 Å². The number of benzene rings is 3. The van der Waals surface area contributed by atoms with E-state index in [-0.39, 0.29) is 23.0 Å². The van der Waals surface area contributed by atoms with Gasteiger partial charge in [0, 0.05) is 18.3 Å². The van der Waals surface area contributed by atoms with Crippen molar-refractivity contribution in [2.45, 2.75) is 6.04 Å². The first-order valence-electron chi connectivity index (χ1n) is 8.26. The van der Waals surface area contributed by atoms with Gasteiger partial charge in [0.25, 0.3) is 5.69 Å². The molecule has 0 unspecified atom stereocenters. The van der Waals surface area contributed by atoms with Gasteiger partial charge in [0.15, 0.2) is 0 Å². The summed E-state index contributed by atoms with van der Waals surface area (Å²) in [5.41, 5.74) is 1.89. The van der Waals surface area contributed by atoms with Gasteiger partial charge >= 0.3 is 0 Å². The van der Waals surface area contributed by atoms with Crippen molar-refractivity contribution in [2.75, 3.05) is 7.11 Å². The Morgan fingerprint density at radius 2 is 1.67 bits per heavy atom. The molecule has 0 aromatic heterocycles. The number of hydrogen-bond donors (Lipinski definition) is 0. The smallest absolute Gasteiger partial charge is 0.270 e. The molecule has 136 valence electrons. The lowest BCUT2D eigenvalue weighted by atomic mass is 9.99. The molecule has 0 aliphatic carbocycles. The molecule has 0 fully saturated rings. The number of rotatable bonds is 6. The highest BCUT2D eigenvalue weighted by Crippen LogP contribution is 2.28. The van der Waals surface area contributed by atoms with E-state index in [2.05, 4.69) is 4.99 Å². The van der Waals surface area contributed by atoms with Gasteiger partial charge in [-0.25, -0.2) is 0 Å². The van der Waals surface area contributed by atoms with Crippen LogP contribution in [0.2, 0.25) is 0 Å². The topological polar surface area (TPSA) is 87.8 Å². The minimum absolute atomic E-state index is 0.142. The van der Waals surface area contributed by atoms with Crippen LogP contribution in [-0.2, 0) is 0 Å². The summed E-state index contributed by atoms with van der Waals surface area (Å²) < 4.78 is 5.19. The van der Waals surface area contributed by atoms with Gasteiger partial charge in [-0.2, -0.15) is 0 Å². The van der Waals surface area contributed by atoms with Crippen LogP contribution in [0.4, 0.5) is 5.69 Å². The maximum absolute atomic E-state index is 12.0. The van der Waals surface area contributed by atoms with Gasteiger partial charge in [-0.05, 0) is 28.8 Å². The van der Waals surface area contributed by atoms with Crippen LogP contribution >= 0.6 is 0 Å². The molecular formula is C21H17N2O4-. The van der Waals surface area contributed by atoms with Crippen molar-refractivity contribution in [1.82, 2.24) is 0 Å². The van der Waals surface area contributed by atoms with Crippen LogP contribution in [0.25, 0.3) is 0 Å². The fraction of sp³-hybridized carbons (Fsp3) is 0.0952. The molecule has 0 aliphatic heterocycles. The molecule has 0 saturated heterocycles. The maximum atomic E-state index is 12.0. The first-order chi connectivity index (χ1) is 13.1. The van der Waals surface area contributed by atoms with E-state index in [1.54, 1.807) is 7.11 Å². The number of aliphatic imine (C=N–C) groups is 1. The van der Waals surface area contributed by atoms with Gasteiger partial charge in [-0.1, -0.05) is 54.3 Å². The summed E-state index contributed by atoms with van der Waals surface area (Å²) in [5.74, 6) is 0.418. The molecule has 0 amide bonds. The monoisotopic (exact) mass is 361 g/mol. The summed E-state index contributed by atoms with van der Waals surface area (Å²) in [6, 6.07) is 20.4. The molecule has 0 radical (unpaired) electrons. The van der Waals surface area contributed by atoms with E-state index in [9.17, 15) is 15.2 Å². The van der Waals surface area contributed by atoms with E-state index >= 15 is 0 Å². The fourth-order valence-corrected chi connectivity index (χ4v) is 2.69. The molecule has 0 saturated carbocycles. The largest absolute Gasteiger partial charge is 0.872 e. The second-order valence-electron chi connectivity index (χ2n) is 5.84. The zero-order chi connectivity index (χ0) is 19.2. The van der Waals surface area contributed by atoms with Gasteiger partial charge in [-0.15, -0.1) is 0 Å². The normalized spacial score (nSPS) is 12.0. The number of methoxy groups -OCH3 is 1. The van der Waals surface area contributed by atoms with Gasteiger partial charge in [0.05, 0.1) is 18.1 Å². The maximum Gasteiger partial charge on any atom is 0.270 e. The average Bonchev–Trinajstić information content (AvgIpc) is 2.70. The van der Waals surface area contributed by atoms with Crippen LogP contribution in [0.15, 0.2) is 77.8 Å². The number of nitrogens with zero attached hydrogens (tertiary/aromatic N) is 2. The van der Waals surface area contributed by atoms with E-state index in [0.717, 1.165) is 16.9 Å². The Morgan fingerprint density at radius 3 is 2.30 bits per heavy atom. The minimum atomic E-state index is -0.533. The zero-order valence-electron chi connectivity index (χ0n) is 14.6. The molecule has 3 aromatic carbocycles. The highest BCUT2D eigenvalue weighted by Gasteiger charge is 2.13. The fourth-order valence-electron chi connectivity index (χ4n) is 2.69. The van der Waals surface area contributed by atoms with Crippen LogP contribution in [0, 0.1) is 10.1 Å². The third-order valence-corrected chi connectivity index (χ3v) is 4.11. The van der Waals surface area contributed by atoms with Crippen molar-refractivity contribution in [2.24, 2.45) is 4.99 Å². The Morgan fingerprint density at radius 1 is 1.00 bits per heavy atom. The molecule has 6 nitrogen and oxygen atoms in total. The van der Waals surface area contributed by atoms with Crippen molar-refractivity contribution in [3.05, 3.63) is 99.6 Å². The summed E-state index contributed by atoms with van der Waals surface area (Å²) in [6.45, 7) is 0. The number of ether oxygens (including phenoxy) is 1. The first kappa shape index (κ1) is 18.1. The average molecular weight is 361 g/mol. The quantitative estimate of drug-likeness (QED) is 0.379. The second-order valence-corrected chi connectivity index (χ2v) is 5.84. The Labute approximate surface area is 156 Å². The first-order valence-corrected chi connectivity index (χ1v) is 8.26. The Kier molecular flexibility index (Phi) is 5.47. The number of nitro groups is 1. The van der Waals surface area contributed by atoms with Crippen molar-refractivity contribution in [1.29, 1.82) is 0 Å². The molecule has 0 heterocycles. The van der Waals surface area contributed by atoms with E-state index in [0.29, 0.717) is 0 Å². The summed E-state index contributed by atoms with van der Waals surface area (Å²) in [7, 11) is 1.60. The highest BCUT2D eigenvalue weighted by molar-refractivity contribution is 5.84. The number of non-ortho nitro benzene ring substituents is 1. The van der Waals surface area contributed by atoms with Crippen molar-refractivity contribution < 1.29 is 14.8 Å². The van der Waals surface area contributed by atoms with E-state index in [4.69, 9.17) is 4.74 Å². The zero-order valence-corrected chi connectivity index (χ0v) is 14.6. The van der Waals surface area contributed by atoms with Gasteiger partial charge in [-0.3, -0.25) is 15.1 Å². The van der Waals surface area contributed by atoms with Gasteiger partial charge in [0.1, 0.15) is 5.75 Å². The molecule has 0 spiro atoms. The van der Waals surface area contributed by atoms with Crippen molar-refractivity contribution in [3.8, 4) is 11.5 Å². The predicted octanol–water partition coefficient (Wildman–Crippen LogP) is 3.89. The molecule has 3 aromatic rings. The van der Waals surface area contributed by atoms with E-state index < -0.39 is 4.92 Å². The van der Waals surface area contributed by atoms with Crippen LogP contribution in [-0.4, -0.2) is 18.2 Å². The molecule has 0 N–H and O–H groups in total. The van der Waals surface area contributed by atoms with E-state index in [1.807, 2.05) is 54.6 Å². The van der Waals surface area contributed by atoms with Crippen LogP contribution < -0.4 is 9.84 Å². The molecule has 1 atom stereocenters. The molecule has 3 rings (SSSR count). The van der Waals surface area contributed by atoms with Crippen LogP contribution in [0.3, 0.4) is 0 Å². The predicted molar refractivity (Wildman–Crippen MR) is 101 cm³/mol. The van der Waals surface area contributed by atoms with Crippen molar-refractivity contribution >= 4 is 11.9 Å². The van der Waals surface area contributed by atoms with Crippen LogP contribution in [0.5, 0.6) is 11.5 Å². The molecule has 0 aliphatic rings. The Bertz CT molecular complexity index is 954. The lowest BCUT2D eigenvalue weighted by Gasteiger charge is -2.15. The third-order valence-electron chi connectivity index (χ3n) is 4.11. The Balaban J connectivity index is 2.00. The summed E-state index contributed by atoms with van der Waals surface area (Å²) in [6.07, 6.45) is 1.40. The molecular weight excluding hydrogens is 344 g/mol. The Hall–Kier alpha value is -3.67. The lowest BCUT2D eigenvalue weighted by Crippen LogP contribution is -2.02. The minimum Gasteiger partial charge on any atom is -0.872 e. The third kappa shape index (κ3) is 4.30. The summed E-state index contributed by atoms with van der Waals surface area (Å²) in [4.78, 5) is 15.0. The standard InChI is InChI=1S/C21H18N2O4/c1-27-19-10-7-16(8-11-19)21(15-5-3-2-4-6-15)22-14-17-13-18(23(25)26)9-12-20(17)24/h2-14,21,24H,1H3/p-1/t21-/m1/s1. The number of hydrogen-bond acceptors (Lipinski definition) is 5. The molecule has 6 heteroatoms. The summed E-state index contributed by atoms with van der Waals surface area (Å²) in [5, 5.41) is 23.0. The van der Waals surface area contributed by atoms with E-state index in [1.165, 1.54) is 24.4 Å². The van der Waals surface area contributed by atoms with Gasteiger partial charge in [0.2, 0.25) is 0 Å². The lowest BCUT2D eigenvalue weighted by molar-refractivity contribution is -0.385. The highest BCUT2D eigenvalue weighted by atomic mass is 16.6. The van der Waals surface area contributed by atoms with Crippen molar-refractivity contribution in [3.63, 3.8) is 0 Å². The molecule has 27 heavy (non-hydrogen) atoms. The van der Waals surface area contributed by atoms with Gasteiger partial charge < -0.3 is 9.84 Å². The summed E-state index contributed by atoms with van der Waals surface area (Å²) >= 11 is 0.